The maximum atomic E-state index is 11.6. The third kappa shape index (κ3) is 4.21. The lowest BCUT2D eigenvalue weighted by Crippen LogP contribution is -2.27. The number of carbonyl (C=O) groups is 2. The van der Waals surface area contributed by atoms with E-state index in [0.717, 1.165) is 19.3 Å². The second kappa shape index (κ2) is 5.32. The van der Waals surface area contributed by atoms with Crippen molar-refractivity contribution in [2.45, 2.75) is 46.0 Å². The molecule has 1 aliphatic carbocycles. The molecule has 0 heterocycles. The zero-order chi connectivity index (χ0) is 12.2. The SMILES string of the molecule is CC1(C)C[C@@H]1C(=O)NCCCCCC(=O)O. The number of aliphatic carboxylic acids is 1. The quantitative estimate of drug-likeness (QED) is 0.652. The number of carbonyl (C=O) groups excluding carboxylic acids is 1. The predicted octanol–water partition coefficient (Wildman–Crippen LogP) is 1.79. The molecule has 1 fully saturated rings. The maximum absolute atomic E-state index is 11.6. The van der Waals surface area contributed by atoms with Crippen molar-refractivity contribution in [2.24, 2.45) is 11.3 Å². The monoisotopic (exact) mass is 227 g/mol. The van der Waals surface area contributed by atoms with Crippen LogP contribution in [-0.4, -0.2) is 23.5 Å². The molecule has 1 aliphatic rings. The highest BCUT2D eigenvalue weighted by molar-refractivity contribution is 5.82. The Morgan fingerprint density at radius 3 is 2.44 bits per heavy atom. The van der Waals surface area contributed by atoms with E-state index in [-0.39, 0.29) is 23.7 Å². The summed E-state index contributed by atoms with van der Waals surface area (Å²) in [4.78, 5) is 21.8. The number of hydrogen-bond donors (Lipinski definition) is 2. The fourth-order valence-corrected chi connectivity index (χ4v) is 1.83. The average molecular weight is 227 g/mol. The van der Waals surface area contributed by atoms with Gasteiger partial charge in [0.05, 0.1) is 0 Å². The maximum Gasteiger partial charge on any atom is 0.303 e. The van der Waals surface area contributed by atoms with Gasteiger partial charge in [0.15, 0.2) is 0 Å². The zero-order valence-corrected chi connectivity index (χ0v) is 10.1. The zero-order valence-electron chi connectivity index (χ0n) is 10.1. The molecule has 4 nitrogen and oxygen atoms in total. The third-order valence-electron chi connectivity index (χ3n) is 3.20. The highest BCUT2D eigenvalue weighted by Gasteiger charge is 2.50. The van der Waals surface area contributed by atoms with Gasteiger partial charge in [0.1, 0.15) is 0 Å². The first kappa shape index (κ1) is 13.0. The molecule has 16 heavy (non-hydrogen) atoms. The molecule has 0 aromatic rings. The number of hydrogen-bond acceptors (Lipinski definition) is 2. The number of nitrogens with one attached hydrogen (secondary N) is 1. The summed E-state index contributed by atoms with van der Waals surface area (Å²) in [5, 5.41) is 11.3. The van der Waals surface area contributed by atoms with E-state index in [1.54, 1.807) is 0 Å². The van der Waals surface area contributed by atoms with Crippen molar-refractivity contribution in [1.29, 1.82) is 0 Å². The highest BCUT2D eigenvalue weighted by atomic mass is 16.4. The van der Waals surface area contributed by atoms with Crippen LogP contribution < -0.4 is 5.32 Å². The standard InChI is InChI=1S/C12H21NO3/c1-12(2)8-9(12)11(16)13-7-5-3-4-6-10(14)15/h9H,3-8H2,1-2H3,(H,13,16)(H,14,15)/t9-/m1/s1. The van der Waals surface area contributed by atoms with Gasteiger partial charge in [-0.2, -0.15) is 0 Å². The van der Waals surface area contributed by atoms with Crippen LogP contribution in [0.15, 0.2) is 0 Å². The minimum Gasteiger partial charge on any atom is -0.481 e. The van der Waals surface area contributed by atoms with E-state index < -0.39 is 5.97 Å². The van der Waals surface area contributed by atoms with E-state index in [4.69, 9.17) is 5.11 Å². The normalized spacial score (nSPS) is 21.5. The van der Waals surface area contributed by atoms with E-state index in [1.807, 2.05) is 0 Å². The van der Waals surface area contributed by atoms with E-state index in [2.05, 4.69) is 19.2 Å². The minimum atomic E-state index is -0.747. The van der Waals surface area contributed by atoms with Crippen LogP contribution in [0, 0.1) is 11.3 Å². The summed E-state index contributed by atoms with van der Waals surface area (Å²) in [5.74, 6) is -0.404. The Labute approximate surface area is 96.4 Å². The Morgan fingerprint density at radius 1 is 1.31 bits per heavy atom. The van der Waals surface area contributed by atoms with Crippen LogP contribution in [-0.2, 0) is 9.59 Å². The first-order valence-electron chi connectivity index (χ1n) is 5.93. The molecule has 4 heteroatoms. The summed E-state index contributed by atoms with van der Waals surface area (Å²) in [5.41, 5.74) is 0.188. The molecular formula is C12H21NO3. The molecular weight excluding hydrogens is 206 g/mol. The molecule has 1 atom stereocenters. The topological polar surface area (TPSA) is 66.4 Å². The van der Waals surface area contributed by atoms with Crippen LogP contribution >= 0.6 is 0 Å². The molecule has 0 bridgehead atoms. The van der Waals surface area contributed by atoms with Gasteiger partial charge >= 0.3 is 5.97 Å². The van der Waals surface area contributed by atoms with Crippen LogP contribution in [0.1, 0.15) is 46.0 Å². The summed E-state index contributed by atoms with van der Waals surface area (Å²) in [6.07, 6.45) is 3.63. The Morgan fingerprint density at radius 2 is 1.94 bits per heavy atom. The van der Waals surface area contributed by atoms with E-state index in [9.17, 15) is 9.59 Å². The van der Waals surface area contributed by atoms with Crippen molar-refractivity contribution in [3.05, 3.63) is 0 Å². The first-order chi connectivity index (χ1) is 7.43. The van der Waals surface area contributed by atoms with Gasteiger partial charge in [-0.3, -0.25) is 9.59 Å². The van der Waals surface area contributed by atoms with Gasteiger partial charge in [-0.05, 0) is 24.7 Å². The molecule has 0 aliphatic heterocycles. The van der Waals surface area contributed by atoms with Crippen LogP contribution in [0.25, 0.3) is 0 Å². The highest BCUT2D eigenvalue weighted by Crippen LogP contribution is 2.51. The fraction of sp³-hybridized carbons (Fsp3) is 0.833. The summed E-state index contributed by atoms with van der Waals surface area (Å²) >= 11 is 0. The van der Waals surface area contributed by atoms with Gasteiger partial charge in [0.25, 0.3) is 0 Å². The summed E-state index contributed by atoms with van der Waals surface area (Å²) in [6.45, 7) is 4.87. The van der Waals surface area contributed by atoms with Crippen LogP contribution in [0.3, 0.4) is 0 Å². The molecule has 0 spiro atoms. The smallest absolute Gasteiger partial charge is 0.303 e. The van der Waals surface area contributed by atoms with Crippen molar-refractivity contribution in [3.63, 3.8) is 0 Å². The van der Waals surface area contributed by atoms with Gasteiger partial charge in [-0.25, -0.2) is 0 Å². The lowest BCUT2D eigenvalue weighted by Gasteiger charge is -2.05. The molecule has 1 amide bonds. The summed E-state index contributed by atoms with van der Waals surface area (Å²) in [7, 11) is 0. The Kier molecular flexibility index (Phi) is 4.33. The minimum absolute atomic E-state index is 0.156. The van der Waals surface area contributed by atoms with Crippen molar-refractivity contribution in [3.8, 4) is 0 Å². The van der Waals surface area contributed by atoms with Gasteiger partial charge < -0.3 is 10.4 Å². The van der Waals surface area contributed by atoms with Gasteiger partial charge in [-0.1, -0.05) is 20.3 Å². The van der Waals surface area contributed by atoms with Gasteiger partial charge in [-0.15, -0.1) is 0 Å². The van der Waals surface area contributed by atoms with Crippen molar-refractivity contribution in [2.75, 3.05) is 6.54 Å². The van der Waals surface area contributed by atoms with Crippen LogP contribution in [0.4, 0.5) is 0 Å². The lowest BCUT2D eigenvalue weighted by molar-refractivity contribution is -0.137. The van der Waals surface area contributed by atoms with Crippen LogP contribution in [0.2, 0.25) is 0 Å². The third-order valence-corrected chi connectivity index (χ3v) is 3.20. The van der Waals surface area contributed by atoms with E-state index in [0.29, 0.717) is 13.0 Å². The lowest BCUT2D eigenvalue weighted by atomic mass is 10.1. The molecule has 0 radical (unpaired) electrons. The summed E-state index contributed by atoms with van der Waals surface area (Å²) < 4.78 is 0. The van der Waals surface area contributed by atoms with Crippen molar-refractivity contribution in [1.82, 2.24) is 5.32 Å². The number of amides is 1. The number of carboxylic acid groups (broad SMARTS) is 1. The molecule has 92 valence electrons. The van der Waals surface area contributed by atoms with Crippen LogP contribution in [0.5, 0.6) is 0 Å². The van der Waals surface area contributed by atoms with E-state index in [1.165, 1.54) is 0 Å². The molecule has 1 rings (SSSR count). The van der Waals surface area contributed by atoms with Gasteiger partial charge in [0, 0.05) is 18.9 Å². The molecule has 0 aromatic carbocycles. The molecule has 0 aromatic heterocycles. The second-order valence-corrected chi connectivity index (χ2v) is 5.24. The fourth-order valence-electron chi connectivity index (χ4n) is 1.83. The summed E-state index contributed by atoms with van der Waals surface area (Å²) in [6, 6.07) is 0. The Balaban J connectivity index is 1.96. The largest absolute Gasteiger partial charge is 0.481 e. The molecule has 1 saturated carbocycles. The Hall–Kier alpha value is -1.06. The number of carboxylic acids is 1. The average Bonchev–Trinajstić information content (AvgIpc) is 2.80. The predicted molar refractivity (Wildman–Crippen MR) is 61.0 cm³/mol. The number of rotatable bonds is 7. The van der Waals surface area contributed by atoms with Crippen molar-refractivity contribution >= 4 is 11.9 Å². The van der Waals surface area contributed by atoms with Crippen molar-refractivity contribution < 1.29 is 14.7 Å². The van der Waals surface area contributed by atoms with Gasteiger partial charge in [0.2, 0.25) is 5.91 Å². The Bertz CT molecular complexity index is 273. The number of unbranched alkanes of at least 4 members (excludes halogenated alkanes) is 2. The molecule has 2 N–H and O–H groups in total. The second-order valence-electron chi connectivity index (χ2n) is 5.24. The molecule has 0 unspecified atom stereocenters. The van der Waals surface area contributed by atoms with E-state index >= 15 is 0 Å². The first-order valence-corrected chi connectivity index (χ1v) is 5.93. The molecule has 0 saturated heterocycles.